The van der Waals surface area contributed by atoms with Crippen molar-refractivity contribution in [3.8, 4) is 0 Å². The number of nitrogens with zero attached hydrogens (tertiary/aromatic N) is 2. The van der Waals surface area contributed by atoms with Gasteiger partial charge in [0.05, 0.1) is 0 Å². The van der Waals surface area contributed by atoms with Crippen LogP contribution in [0.3, 0.4) is 0 Å². The predicted octanol–water partition coefficient (Wildman–Crippen LogP) is 1.98. The van der Waals surface area contributed by atoms with Gasteiger partial charge in [0.1, 0.15) is 0 Å². The SMILES string of the molecule is C/C=C\C(=O)N(C)CCCCCCCN1CC=CC1=O.CO. The molecule has 0 aliphatic carbocycles. The van der Waals surface area contributed by atoms with Gasteiger partial charge in [-0.25, -0.2) is 0 Å². The predicted molar refractivity (Wildman–Crippen MR) is 89.4 cm³/mol. The molecule has 0 unspecified atom stereocenters. The maximum atomic E-state index is 11.5. The molecule has 22 heavy (non-hydrogen) atoms. The van der Waals surface area contributed by atoms with Crippen molar-refractivity contribution < 1.29 is 14.7 Å². The van der Waals surface area contributed by atoms with Crippen LogP contribution in [-0.2, 0) is 9.59 Å². The molecule has 0 saturated carbocycles. The molecule has 0 atom stereocenters. The summed E-state index contributed by atoms with van der Waals surface area (Å²) in [6.45, 7) is 4.31. The molecule has 1 rings (SSSR count). The Balaban J connectivity index is 0.00000211. The highest BCUT2D eigenvalue weighted by Crippen LogP contribution is 2.08. The molecule has 126 valence electrons. The second kappa shape index (κ2) is 13.1. The minimum Gasteiger partial charge on any atom is -0.400 e. The molecule has 0 aromatic carbocycles. The Morgan fingerprint density at radius 3 is 2.50 bits per heavy atom. The van der Waals surface area contributed by atoms with Crippen LogP contribution in [0.25, 0.3) is 0 Å². The van der Waals surface area contributed by atoms with Crippen LogP contribution in [0.15, 0.2) is 24.3 Å². The third-order valence-electron chi connectivity index (χ3n) is 3.50. The lowest BCUT2D eigenvalue weighted by molar-refractivity contribution is -0.125. The largest absolute Gasteiger partial charge is 0.400 e. The average Bonchev–Trinajstić information content (AvgIpc) is 2.93. The van der Waals surface area contributed by atoms with E-state index in [1.165, 1.54) is 6.42 Å². The number of hydrogen-bond donors (Lipinski definition) is 1. The number of carbonyl (C=O) groups is 2. The molecule has 1 heterocycles. The number of aliphatic hydroxyl groups is 1. The Kier molecular flexibility index (Phi) is 12.1. The molecule has 1 aliphatic heterocycles. The smallest absolute Gasteiger partial charge is 0.246 e. The fraction of sp³-hybridized carbons (Fsp3) is 0.647. The van der Waals surface area contributed by atoms with E-state index in [1.807, 2.05) is 24.9 Å². The highest BCUT2D eigenvalue weighted by Gasteiger charge is 2.12. The first-order valence-corrected chi connectivity index (χ1v) is 7.93. The van der Waals surface area contributed by atoms with Gasteiger partial charge in [0.25, 0.3) is 0 Å². The van der Waals surface area contributed by atoms with Crippen molar-refractivity contribution in [3.63, 3.8) is 0 Å². The van der Waals surface area contributed by atoms with E-state index < -0.39 is 0 Å². The Hall–Kier alpha value is -1.62. The van der Waals surface area contributed by atoms with E-state index in [4.69, 9.17) is 5.11 Å². The monoisotopic (exact) mass is 310 g/mol. The molecule has 2 amide bonds. The molecule has 1 aliphatic rings. The van der Waals surface area contributed by atoms with Crippen LogP contribution in [0, 0.1) is 0 Å². The van der Waals surface area contributed by atoms with E-state index in [0.717, 1.165) is 52.4 Å². The van der Waals surface area contributed by atoms with Gasteiger partial charge in [0, 0.05) is 39.9 Å². The zero-order chi connectivity index (χ0) is 16.8. The van der Waals surface area contributed by atoms with Crippen LogP contribution in [-0.4, -0.2) is 60.5 Å². The highest BCUT2D eigenvalue weighted by atomic mass is 16.2. The first-order chi connectivity index (χ1) is 10.6. The lowest BCUT2D eigenvalue weighted by atomic mass is 10.1. The third-order valence-corrected chi connectivity index (χ3v) is 3.50. The molecule has 0 radical (unpaired) electrons. The van der Waals surface area contributed by atoms with Crippen molar-refractivity contribution in [2.75, 3.05) is 33.8 Å². The quantitative estimate of drug-likeness (QED) is 0.523. The molecule has 0 aromatic rings. The number of amides is 2. The maximum Gasteiger partial charge on any atom is 0.246 e. The molecule has 5 nitrogen and oxygen atoms in total. The standard InChI is InChI=1S/C16H26N2O2.CH4O/c1-3-10-15(19)17(2)12-7-5-4-6-8-13-18-14-9-11-16(18)20;1-2/h3,9-11H,4-8,12-14H2,1-2H3;2H,1H3/b10-3-;. The van der Waals surface area contributed by atoms with Crippen molar-refractivity contribution in [2.24, 2.45) is 0 Å². The lowest BCUT2D eigenvalue weighted by Crippen LogP contribution is -2.26. The zero-order valence-corrected chi connectivity index (χ0v) is 14.1. The molecular formula is C17H30N2O3. The molecule has 0 aromatic heterocycles. The average molecular weight is 310 g/mol. The molecule has 0 saturated heterocycles. The zero-order valence-electron chi connectivity index (χ0n) is 14.1. The van der Waals surface area contributed by atoms with Crippen LogP contribution in [0.4, 0.5) is 0 Å². The van der Waals surface area contributed by atoms with E-state index in [0.29, 0.717) is 0 Å². The van der Waals surface area contributed by atoms with E-state index in [9.17, 15) is 9.59 Å². The summed E-state index contributed by atoms with van der Waals surface area (Å²) in [6.07, 6.45) is 12.5. The van der Waals surface area contributed by atoms with Gasteiger partial charge in [0.15, 0.2) is 0 Å². The van der Waals surface area contributed by atoms with Gasteiger partial charge < -0.3 is 14.9 Å². The van der Waals surface area contributed by atoms with Gasteiger partial charge in [-0.15, -0.1) is 0 Å². The topological polar surface area (TPSA) is 60.9 Å². The van der Waals surface area contributed by atoms with E-state index in [2.05, 4.69) is 0 Å². The Morgan fingerprint density at radius 1 is 1.27 bits per heavy atom. The Bertz CT molecular complexity index is 378. The summed E-state index contributed by atoms with van der Waals surface area (Å²) in [6, 6.07) is 0. The number of allylic oxidation sites excluding steroid dienone is 1. The lowest BCUT2D eigenvalue weighted by Gasteiger charge is -2.16. The van der Waals surface area contributed by atoms with Crippen LogP contribution >= 0.6 is 0 Å². The Labute approximate surface area is 134 Å². The van der Waals surface area contributed by atoms with Crippen LogP contribution in [0.2, 0.25) is 0 Å². The second-order valence-electron chi connectivity index (χ2n) is 5.21. The molecule has 1 N–H and O–H groups in total. The summed E-state index contributed by atoms with van der Waals surface area (Å²) in [5, 5.41) is 7.00. The summed E-state index contributed by atoms with van der Waals surface area (Å²) in [5.74, 6) is 0.224. The normalized spacial score (nSPS) is 13.5. The van der Waals surface area contributed by atoms with E-state index >= 15 is 0 Å². The van der Waals surface area contributed by atoms with Gasteiger partial charge in [-0.2, -0.15) is 0 Å². The summed E-state index contributed by atoms with van der Waals surface area (Å²) >= 11 is 0. The van der Waals surface area contributed by atoms with Crippen molar-refractivity contribution in [1.82, 2.24) is 9.80 Å². The molecule has 0 bridgehead atoms. The summed E-state index contributed by atoms with van der Waals surface area (Å²) < 4.78 is 0. The number of likely N-dealkylation sites (N-methyl/N-ethyl adjacent to an activating group) is 1. The summed E-state index contributed by atoms with van der Waals surface area (Å²) in [4.78, 5) is 26.4. The molecular weight excluding hydrogens is 280 g/mol. The fourth-order valence-corrected chi connectivity index (χ4v) is 2.24. The first kappa shape index (κ1) is 20.4. The summed E-state index contributed by atoms with van der Waals surface area (Å²) in [5.41, 5.74) is 0. The first-order valence-electron chi connectivity index (χ1n) is 7.93. The van der Waals surface area contributed by atoms with Crippen LogP contribution < -0.4 is 0 Å². The number of unbranched alkanes of at least 4 members (excludes halogenated alkanes) is 4. The molecule has 5 heteroatoms. The van der Waals surface area contributed by atoms with Gasteiger partial charge in [-0.05, 0) is 25.8 Å². The summed E-state index contributed by atoms with van der Waals surface area (Å²) in [7, 11) is 2.84. The minimum absolute atomic E-state index is 0.0764. The number of rotatable bonds is 9. The van der Waals surface area contributed by atoms with Crippen molar-refractivity contribution >= 4 is 11.8 Å². The number of aliphatic hydroxyl groups excluding tert-OH is 1. The van der Waals surface area contributed by atoms with Gasteiger partial charge in [-0.1, -0.05) is 31.4 Å². The van der Waals surface area contributed by atoms with Crippen LogP contribution in [0.5, 0.6) is 0 Å². The Morgan fingerprint density at radius 2 is 1.91 bits per heavy atom. The molecule has 0 spiro atoms. The van der Waals surface area contributed by atoms with Crippen molar-refractivity contribution in [1.29, 1.82) is 0 Å². The van der Waals surface area contributed by atoms with Gasteiger partial charge in [0.2, 0.25) is 11.8 Å². The number of carbonyl (C=O) groups excluding carboxylic acids is 2. The minimum atomic E-state index is 0.0764. The second-order valence-corrected chi connectivity index (χ2v) is 5.21. The molecule has 0 fully saturated rings. The fourth-order valence-electron chi connectivity index (χ4n) is 2.24. The van der Waals surface area contributed by atoms with Gasteiger partial charge in [-0.3, -0.25) is 9.59 Å². The van der Waals surface area contributed by atoms with Gasteiger partial charge >= 0.3 is 0 Å². The van der Waals surface area contributed by atoms with E-state index in [-0.39, 0.29) is 11.8 Å². The van der Waals surface area contributed by atoms with Crippen LogP contribution in [0.1, 0.15) is 39.0 Å². The highest BCUT2D eigenvalue weighted by molar-refractivity contribution is 5.89. The van der Waals surface area contributed by atoms with E-state index in [1.54, 1.807) is 23.1 Å². The maximum absolute atomic E-state index is 11.5. The number of hydrogen-bond acceptors (Lipinski definition) is 3. The van der Waals surface area contributed by atoms with Crippen molar-refractivity contribution in [3.05, 3.63) is 24.3 Å². The van der Waals surface area contributed by atoms with Crippen molar-refractivity contribution in [2.45, 2.75) is 39.0 Å². The third kappa shape index (κ3) is 8.62.